The topological polar surface area (TPSA) is 99.1 Å². The molecule has 6 nitrogen and oxygen atoms in total. The molecule has 1 aromatic rings. The van der Waals surface area contributed by atoms with Gasteiger partial charge in [0.15, 0.2) is 0 Å². The van der Waals surface area contributed by atoms with Crippen molar-refractivity contribution >= 4 is 15.9 Å². The maximum absolute atomic E-state index is 11.9. The lowest BCUT2D eigenvalue weighted by atomic mass is 10.2. The van der Waals surface area contributed by atoms with Gasteiger partial charge in [-0.05, 0) is 37.1 Å². The molecule has 1 saturated carbocycles. The Balaban J connectivity index is 1.86. The van der Waals surface area contributed by atoms with Gasteiger partial charge in [0.25, 0.3) is 0 Å². The minimum absolute atomic E-state index is 0.0564. The number of rotatable bonds is 6. The van der Waals surface area contributed by atoms with E-state index in [0.29, 0.717) is 5.56 Å². The summed E-state index contributed by atoms with van der Waals surface area (Å²) < 4.78 is 26.2. The van der Waals surface area contributed by atoms with Crippen molar-refractivity contribution in [2.75, 3.05) is 6.54 Å². The lowest BCUT2D eigenvalue weighted by Gasteiger charge is -2.07. The molecule has 0 heterocycles. The Morgan fingerprint density at radius 3 is 2.50 bits per heavy atom. The number of hydrogen-bond donors (Lipinski definition) is 2. The van der Waals surface area contributed by atoms with E-state index >= 15 is 0 Å². The lowest BCUT2D eigenvalue weighted by molar-refractivity contribution is -0.121. The summed E-state index contributed by atoms with van der Waals surface area (Å²) in [6.45, 7) is 0.0564. The zero-order chi connectivity index (χ0) is 14.6. The van der Waals surface area contributed by atoms with Crippen LogP contribution in [0.4, 0.5) is 0 Å². The summed E-state index contributed by atoms with van der Waals surface area (Å²) in [6.07, 6.45) is 2.12. The lowest BCUT2D eigenvalue weighted by Crippen LogP contribution is -2.31. The largest absolute Gasteiger partial charge is 0.353 e. The van der Waals surface area contributed by atoms with Crippen LogP contribution in [0.3, 0.4) is 0 Å². The van der Waals surface area contributed by atoms with E-state index in [2.05, 4.69) is 10.0 Å². The van der Waals surface area contributed by atoms with Crippen LogP contribution in [-0.2, 0) is 14.8 Å². The number of hydrogen-bond acceptors (Lipinski definition) is 4. The van der Waals surface area contributed by atoms with Crippen molar-refractivity contribution in [1.29, 1.82) is 5.26 Å². The summed E-state index contributed by atoms with van der Waals surface area (Å²) in [4.78, 5) is 11.5. The van der Waals surface area contributed by atoms with Gasteiger partial charge in [-0.1, -0.05) is 0 Å². The van der Waals surface area contributed by atoms with Gasteiger partial charge in [-0.25, -0.2) is 13.1 Å². The number of benzene rings is 1. The second kappa shape index (κ2) is 6.03. The van der Waals surface area contributed by atoms with Gasteiger partial charge < -0.3 is 5.32 Å². The van der Waals surface area contributed by atoms with E-state index in [1.165, 1.54) is 24.3 Å². The average molecular weight is 293 g/mol. The van der Waals surface area contributed by atoms with Crippen LogP contribution >= 0.6 is 0 Å². The maximum Gasteiger partial charge on any atom is 0.240 e. The van der Waals surface area contributed by atoms with Crippen molar-refractivity contribution in [3.05, 3.63) is 29.8 Å². The summed E-state index contributed by atoms with van der Waals surface area (Å²) in [5.74, 6) is -0.143. The van der Waals surface area contributed by atoms with E-state index in [-0.39, 0.29) is 29.8 Å². The first kappa shape index (κ1) is 14.5. The van der Waals surface area contributed by atoms with Gasteiger partial charge in [-0.3, -0.25) is 4.79 Å². The average Bonchev–Trinajstić information content (AvgIpc) is 3.22. The molecule has 1 aliphatic rings. The van der Waals surface area contributed by atoms with Crippen molar-refractivity contribution in [1.82, 2.24) is 10.0 Å². The fraction of sp³-hybridized carbons (Fsp3) is 0.385. The van der Waals surface area contributed by atoms with Gasteiger partial charge in [0.1, 0.15) is 0 Å². The molecule has 1 fully saturated rings. The van der Waals surface area contributed by atoms with Gasteiger partial charge in [-0.15, -0.1) is 0 Å². The second-order valence-electron chi connectivity index (χ2n) is 4.63. The molecular formula is C13H15N3O3S. The minimum atomic E-state index is -3.63. The van der Waals surface area contributed by atoms with Gasteiger partial charge in [0.2, 0.25) is 15.9 Å². The molecule has 0 spiro atoms. The number of nitrogens with one attached hydrogen (secondary N) is 2. The molecule has 0 unspecified atom stereocenters. The molecule has 2 N–H and O–H groups in total. The molecule has 0 bridgehead atoms. The molecule has 106 valence electrons. The Bertz CT molecular complexity index is 628. The van der Waals surface area contributed by atoms with E-state index in [1.807, 2.05) is 6.07 Å². The van der Waals surface area contributed by atoms with E-state index in [0.717, 1.165) is 12.8 Å². The summed E-state index contributed by atoms with van der Waals surface area (Å²) in [6, 6.07) is 7.81. The summed E-state index contributed by atoms with van der Waals surface area (Å²) in [7, 11) is -3.63. The van der Waals surface area contributed by atoms with Crippen molar-refractivity contribution in [2.24, 2.45) is 0 Å². The Labute approximate surface area is 117 Å². The third kappa shape index (κ3) is 4.05. The van der Waals surface area contributed by atoms with Gasteiger partial charge >= 0.3 is 0 Å². The number of sulfonamides is 1. The number of nitriles is 1. The number of carbonyl (C=O) groups is 1. The molecule has 1 amide bonds. The van der Waals surface area contributed by atoms with Crippen LogP contribution in [0.25, 0.3) is 0 Å². The maximum atomic E-state index is 11.9. The first-order valence-electron chi connectivity index (χ1n) is 6.30. The van der Waals surface area contributed by atoms with Crippen LogP contribution in [0.5, 0.6) is 0 Å². The first-order chi connectivity index (χ1) is 9.51. The molecule has 0 aromatic heterocycles. The number of nitrogens with zero attached hydrogens (tertiary/aromatic N) is 1. The zero-order valence-electron chi connectivity index (χ0n) is 10.8. The van der Waals surface area contributed by atoms with Gasteiger partial charge in [-0.2, -0.15) is 5.26 Å². The van der Waals surface area contributed by atoms with Crippen molar-refractivity contribution in [2.45, 2.75) is 30.2 Å². The summed E-state index contributed by atoms with van der Waals surface area (Å²) in [5, 5.41) is 11.4. The quantitative estimate of drug-likeness (QED) is 0.798. The summed E-state index contributed by atoms with van der Waals surface area (Å²) in [5.41, 5.74) is 0.396. The molecule has 2 rings (SSSR count). The number of amides is 1. The van der Waals surface area contributed by atoms with E-state index in [9.17, 15) is 13.2 Å². The van der Waals surface area contributed by atoms with Crippen LogP contribution in [0.15, 0.2) is 29.2 Å². The minimum Gasteiger partial charge on any atom is -0.353 e. The van der Waals surface area contributed by atoms with Crippen LogP contribution in [-0.4, -0.2) is 26.9 Å². The Kier molecular flexibility index (Phi) is 4.37. The molecule has 0 radical (unpaired) electrons. The summed E-state index contributed by atoms with van der Waals surface area (Å²) >= 11 is 0. The zero-order valence-corrected chi connectivity index (χ0v) is 11.6. The number of carbonyl (C=O) groups excluding carboxylic acids is 1. The highest BCUT2D eigenvalue weighted by Gasteiger charge is 2.23. The van der Waals surface area contributed by atoms with Crippen LogP contribution in [0.1, 0.15) is 24.8 Å². The molecule has 1 aliphatic carbocycles. The fourth-order valence-electron chi connectivity index (χ4n) is 1.62. The monoisotopic (exact) mass is 293 g/mol. The molecule has 20 heavy (non-hydrogen) atoms. The van der Waals surface area contributed by atoms with E-state index in [4.69, 9.17) is 5.26 Å². The predicted octanol–water partition coefficient (Wildman–Crippen LogP) is 0.505. The van der Waals surface area contributed by atoms with E-state index < -0.39 is 10.0 Å². The van der Waals surface area contributed by atoms with Crippen LogP contribution in [0.2, 0.25) is 0 Å². The van der Waals surface area contributed by atoms with Crippen molar-refractivity contribution in [3.8, 4) is 6.07 Å². The van der Waals surface area contributed by atoms with Crippen molar-refractivity contribution < 1.29 is 13.2 Å². The SMILES string of the molecule is N#Cc1ccc(S(=O)(=O)NCCC(=O)NC2CC2)cc1. The Morgan fingerprint density at radius 2 is 1.95 bits per heavy atom. The van der Waals surface area contributed by atoms with Crippen molar-refractivity contribution in [3.63, 3.8) is 0 Å². The highest BCUT2D eigenvalue weighted by atomic mass is 32.2. The molecule has 0 aliphatic heterocycles. The standard InChI is InChI=1S/C13H15N3O3S/c14-9-10-1-5-12(6-2-10)20(18,19)15-8-7-13(17)16-11-3-4-11/h1-2,5-6,11,15H,3-4,7-8H2,(H,16,17). The third-order valence-corrected chi connectivity index (χ3v) is 4.36. The van der Waals surface area contributed by atoms with Gasteiger partial charge in [0, 0.05) is 19.0 Å². The van der Waals surface area contributed by atoms with Crippen LogP contribution in [0, 0.1) is 11.3 Å². The first-order valence-corrected chi connectivity index (χ1v) is 7.79. The molecule has 1 aromatic carbocycles. The highest BCUT2D eigenvalue weighted by Crippen LogP contribution is 2.18. The smallest absolute Gasteiger partial charge is 0.240 e. The molecule has 0 atom stereocenters. The molecular weight excluding hydrogens is 278 g/mol. The fourth-order valence-corrected chi connectivity index (χ4v) is 2.65. The molecule has 7 heteroatoms. The van der Waals surface area contributed by atoms with Gasteiger partial charge in [0.05, 0.1) is 16.5 Å². The highest BCUT2D eigenvalue weighted by molar-refractivity contribution is 7.89. The second-order valence-corrected chi connectivity index (χ2v) is 6.39. The molecule has 0 saturated heterocycles. The third-order valence-electron chi connectivity index (χ3n) is 2.88. The van der Waals surface area contributed by atoms with E-state index in [1.54, 1.807) is 0 Å². The normalized spacial score (nSPS) is 14.6. The predicted molar refractivity (Wildman–Crippen MR) is 72.1 cm³/mol. The Hall–Kier alpha value is -1.91. The Morgan fingerprint density at radius 1 is 1.30 bits per heavy atom. The van der Waals surface area contributed by atoms with Crippen LogP contribution < -0.4 is 10.0 Å².